The number of carbonyl (C=O) groups is 1. The van der Waals surface area contributed by atoms with Gasteiger partial charge in [-0.3, -0.25) is 9.79 Å². The van der Waals surface area contributed by atoms with Crippen molar-refractivity contribution in [1.29, 1.82) is 0 Å². The van der Waals surface area contributed by atoms with Crippen LogP contribution in [-0.4, -0.2) is 34.0 Å². The minimum absolute atomic E-state index is 0.158. The SMILES string of the molecule is CC1(C)C2CC(=NCC(=O)O)[C@](C)(O)C1C2. The fourth-order valence-corrected chi connectivity index (χ4v) is 3.35. The Bertz CT molecular complexity index is 357. The Morgan fingerprint density at radius 2 is 2.12 bits per heavy atom. The first-order valence-electron chi connectivity index (χ1n) is 5.74. The van der Waals surface area contributed by atoms with Crippen LogP contribution in [0.2, 0.25) is 0 Å². The highest BCUT2D eigenvalue weighted by molar-refractivity contribution is 5.95. The van der Waals surface area contributed by atoms with Crippen LogP contribution in [0, 0.1) is 17.3 Å². The first kappa shape index (κ1) is 11.6. The van der Waals surface area contributed by atoms with Gasteiger partial charge >= 0.3 is 5.97 Å². The van der Waals surface area contributed by atoms with Crippen LogP contribution in [0.15, 0.2) is 4.99 Å². The second-order valence-corrected chi connectivity index (χ2v) is 5.81. The van der Waals surface area contributed by atoms with Crippen LogP contribution in [0.4, 0.5) is 0 Å². The summed E-state index contributed by atoms with van der Waals surface area (Å²) in [5, 5.41) is 19.1. The maximum Gasteiger partial charge on any atom is 0.325 e. The van der Waals surface area contributed by atoms with E-state index in [2.05, 4.69) is 18.8 Å². The van der Waals surface area contributed by atoms with Crippen molar-refractivity contribution >= 4 is 11.7 Å². The third kappa shape index (κ3) is 1.47. The van der Waals surface area contributed by atoms with Gasteiger partial charge in [-0.05, 0) is 37.0 Å². The topological polar surface area (TPSA) is 69.9 Å². The summed E-state index contributed by atoms with van der Waals surface area (Å²) in [7, 11) is 0. The zero-order valence-electron chi connectivity index (χ0n) is 10.0. The van der Waals surface area contributed by atoms with Crippen LogP contribution in [0.5, 0.6) is 0 Å². The Hall–Kier alpha value is -0.900. The van der Waals surface area contributed by atoms with Crippen molar-refractivity contribution in [2.45, 2.75) is 39.2 Å². The molecule has 3 rings (SSSR count). The van der Waals surface area contributed by atoms with Crippen LogP contribution in [-0.2, 0) is 4.79 Å². The summed E-state index contributed by atoms with van der Waals surface area (Å²) >= 11 is 0. The van der Waals surface area contributed by atoms with Gasteiger partial charge in [0.2, 0.25) is 0 Å². The molecule has 2 N–H and O–H groups in total. The molecule has 0 amide bonds. The lowest BCUT2D eigenvalue weighted by Crippen LogP contribution is -2.64. The van der Waals surface area contributed by atoms with E-state index in [9.17, 15) is 9.90 Å². The van der Waals surface area contributed by atoms with Crippen molar-refractivity contribution < 1.29 is 15.0 Å². The number of hydrogen-bond donors (Lipinski definition) is 2. The van der Waals surface area contributed by atoms with Gasteiger partial charge in [0.1, 0.15) is 12.1 Å². The molecular formula is C12H19NO3. The van der Waals surface area contributed by atoms with Crippen LogP contribution in [0.25, 0.3) is 0 Å². The molecule has 0 saturated heterocycles. The van der Waals surface area contributed by atoms with E-state index in [1.807, 2.05) is 0 Å². The molecule has 0 aliphatic heterocycles. The van der Waals surface area contributed by atoms with Gasteiger partial charge in [-0.2, -0.15) is 0 Å². The van der Waals surface area contributed by atoms with Crippen LogP contribution >= 0.6 is 0 Å². The van der Waals surface area contributed by atoms with Crippen molar-refractivity contribution in [1.82, 2.24) is 0 Å². The quantitative estimate of drug-likeness (QED) is 0.744. The van der Waals surface area contributed by atoms with E-state index in [-0.39, 0.29) is 17.9 Å². The number of aliphatic imine (C=N–C) groups is 1. The van der Waals surface area contributed by atoms with Gasteiger partial charge in [0.25, 0.3) is 0 Å². The van der Waals surface area contributed by atoms with Gasteiger partial charge in [0.05, 0.1) is 0 Å². The van der Waals surface area contributed by atoms with Gasteiger partial charge in [-0.1, -0.05) is 13.8 Å². The molecule has 16 heavy (non-hydrogen) atoms. The number of aliphatic hydroxyl groups is 1. The van der Waals surface area contributed by atoms with Crippen molar-refractivity contribution in [3.05, 3.63) is 0 Å². The number of carboxylic acids is 1. The highest BCUT2D eigenvalue weighted by atomic mass is 16.4. The molecule has 3 atom stereocenters. The van der Waals surface area contributed by atoms with Gasteiger partial charge in [0.15, 0.2) is 0 Å². The number of fused-ring (bicyclic) bond motifs is 2. The molecule has 0 aromatic carbocycles. The second kappa shape index (κ2) is 3.29. The Morgan fingerprint density at radius 1 is 1.50 bits per heavy atom. The molecule has 3 saturated carbocycles. The molecule has 3 aliphatic rings. The molecule has 4 heteroatoms. The fourth-order valence-electron chi connectivity index (χ4n) is 3.35. The van der Waals surface area contributed by atoms with Crippen LogP contribution in [0.3, 0.4) is 0 Å². The average molecular weight is 225 g/mol. The van der Waals surface area contributed by atoms with E-state index in [4.69, 9.17) is 5.11 Å². The van der Waals surface area contributed by atoms with E-state index < -0.39 is 11.6 Å². The predicted molar refractivity (Wildman–Crippen MR) is 60.6 cm³/mol. The molecule has 0 spiro atoms. The first-order chi connectivity index (χ1) is 7.26. The lowest BCUT2D eigenvalue weighted by atomic mass is 9.44. The summed E-state index contributed by atoms with van der Waals surface area (Å²) in [6, 6.07) is 0. The van der Waals surface area contributed by atoms with Gasteiger partial charge in [0, 0.05) is 5.71 Å². The first-order valence-corrected chi connectivity index (χ1v) is 5.74. The maximum absolute atomic E-state index is 10.5. The highest BCUT2D eigenvalue weighted by Gasteiger charge is 2.61. The second-order valence-electron chi connectivity index (χ2n) is 5.81. The molecule has 0 radical (unpaired) electrons. The van der Waals surface area contributed by atoms with E-state index >= 15 is 0 Å². The molecule has 90 valence electrons. The summed E-state index contributed by atoms with van der Waals surface area (Å²) < 4.78 is 0. The average Bonchev–Trinajstić information content (AvgIpc) is 2.13. The fraction of sp³-hybridized carbons (Fsp3) is 0.833. The normalized spacial score (nSPS) is 42.9. The van der Waals surface area contributed by atoms with Gasteiger partial charge < -0.3 is 10.2 Å². The zero-order chi connectivity index (χ0) is 12.1. The van der Waals surface area contributed by atoms with Crippen molar-refractivity contribution in [2.24, 2.45) is 22.2 Å². The molecule has 2 unspecified atom stereocenters. The van der Waals surface area contributed by atoms with E-state index in [1.54, 1.807) is 6.92 Å². The summed E-state index contributed by atoms with van der Waals surface area (Å²) in [6.45, 7) is 5.89. The van der Waals surface area contributed by atoms with E-state index in [0.29, 0.717) is 11.6 Å². The maximum atomic E-state index is 10.5. The summed E-state index contributed by atoms with van der Waals surface area (Å²) in [4.78, 5) is 14.5. The highest BCUT2D eigenvalue weighted by Crippen LogP contribution is 2.61. The number of nitrogens with zero attached hydrogens (tertiary/aromatic N) is 1. The molecule has 2 bridgehead atoms. The minimum Gasteiger partial charge on any atom is -0.480 e. The summed E-state index contributed by atoms with van der Waals surface area (Å²) in [5.41, 5.74) is -0.0881. The zero-order valence-corrected chi connectivity index (χ0v) is 10.0. The Balaban J connectivity index is 2.21. The monoisotopic (exact) mass is 225 g/mol. The van der Waals surface area contributed by atoms with Gasteiger partial charge in [-0.15, -0.1) is 0 Å². The summed E-state index contributed by atoms with van der Waals surface area (Å²) in [6.07, 6.45) is 1.77. The molecule has 3 fully saturated rings. The van der Waals surface area contributed by atoms with Gasteiger partial charge in [-0.25, -0.2) is 0 Å². The van der Waals surface area contributed by atoms with Crippen molar-refractivity contribution in [3.63, 3.8) is 0 Å². The third-order valence-corrected chi connectivity index (χ3v) is 4.58. The Kier molecular flexibility index (Phi) is 2.38. The molecule has 0 heterocycles. The standard InChI is InChI=1S/C12H19NO3/c1-11(2)7-4-8(11)12(3,16)9(5-7)13-6-10(14)15/h7-8,16H,4-6H2,1-3H3,(H,14,15)/t7?,8?,12-/m1/s1. The lowest BCUT2D eigenvalue weighted by Gasteiger charge is -2.62. The number of hydrogen-bond acceptors (Lipinski definition) is 3. The largest absolute Gasteiger partial charge is 0.480 e. The Labute approximate surface area is 95.4 Å². The lowest BCUT2D eigenvalue weighted by molar-refractivity contribution is -0.136. The summed E-state index contributed by atoms with van der Waals surface area (Å²) in [5.74, 6) is -0.182. The van der Waals surface area contributed by atoms with Crippen molar-refractivity contribution in [3.8, 4) is 0 Å². The minimum atomic E-state index is -0.943. The molecule has 0 aromatic rings. The van der Waals surface area contributed by atoms with E-state index in [0.717, 1.165) is 12.8 Å². The smallest absolute Gasteiger partial charge is 0.325 e. The molecule has 4 nitrogen and oxygen atoms in total. The molecule has 3 aliphatic carbocycles. The van der Waals surface area contributed by atoms with Crippen LogP contribution < -0.4 is 0 Å². The predicted octanol–water partition coefficient (Wildman–Crippen LogP) is 1.33. The third-order valence-electron chi connectivity index (χ3n) is 4.58. The van der Waals surface area contributed by atoms with E-state index in [1.165, 1.54) is 0 Å². The number of carboxylic acid groups (broad SMARTS) is 1. The van der Waals surface area contributed by atoms with Crippen LogP contribution in [0.1, 0.15) is 33.6 Å². The molecule has 0 aromatic heterocycles. The number of aliphatic carboxylic acids is 1. The molecular weight excluding hydrogens is 206 g/mol. The Morgan fingerprint density at radius 3 is 2.56 bits per heavy atom. The number of rotatable bonds is 2. The van der Waals surface area contributed by atoms with Crippen molar-refractivity contribution in [2.75, 3.05) is 6.54 Å².